The van der Waals surface area contributed by atoms with Crippen LogP contribution in [0.4, 0.5) is 0 Å². The van der Waals surface area contributed by atoms with Crippen molar-refractivity contribution in [3.63, 3.8) is 0 Å². The summed E-state index contributed by atoms with van der Waals surface area (Å²) in [5.74, 6) is 0.362. The molecule has 0 heterocycles. The van der Waals surface area contributed by atoms with Crippen molar-refractivity contribution < 1.29 is 17.9 Å². The quantitative estimate of drug-likeness (QED) is 0.732. The molecule has 0 fully saturated rings. The van der Waals surface area contributed by atoms with E-state index in [4.69, 9.17) is 16.3 Å². The fraction of sp³-hybridized carbons (Fsp3) is 0.188. The molecule has 0 spiro atoms. The highest BCUT2D eigenvalue weighted by Gasteiger charge is 2.13. The standard InChI is InChI=1S/C16H17ClN2O4S/c1-23-14-7-5-12(6-8-14)16(20)18-9-10-19-24(21,22)15-4-2-3-13(17)11-15/h2-8,11,19H,9-10H2,1H3,(H,18,20). The molecule has 2 N–H and O–H groups in total. The molecule has 0 saturated carbocycles. The Bertz CT molecular complexity index is 807. The molecule has 128 valence electrons. The lowest BCUT2D eigenvalue weighted by molar-refractivity contribution is 0.0954. The number of carbonyl (C=O) groups excluding carboxylic acids is 1. The highest BCUT2D eigenvalue weighted by molar-refractivity contribution is 7.89. The van der Waals surface area contributed by atoms with E-state index in [0.29, 0.717) is 16.3 Å². The average Bonchev–Trinajstić information content (AvgIpc) is 2.58. The van der Waals surface area contributed by atoms with E-state index in [0.717, 1.165) is 0 Å². The first-order chi connectivity index (χ1) is 11.4. The van der Waals surface area contributed by atoms with Crippen molar-refractivity contribution in [3.8, 4) is 5.75 Å². The van der Waals surface area contributed by atoms with Crippen molar-refractivity contribution in [1.29, 1.82) is 0 Å². The van der Waals surface area contributed by atoms with Gasteiger partial charge < -0.3 is 10.1 Å². The number of nitrogens with one attached hydrogen (secondary N) is 2. The van der Waals surface area contributed by atoms with Crippen molar-refractivity contribution in [2.24, 2.45) is 0 Å². The summed E-state index contributed by atoms with van der Waals surface area (Å²) < 4.78 is 31.6. The zero-order valence-corrected chi connectivity index (χ0v) is 14.5. The summed E-state index contributed by atoms with van der Waals surface area (Å²) in [7, 11) is -2.11. The largest absolute Gasteiger partial charge is 0.497 e. The molecule has 2 aromatic carbocycles. The zero-order valence-electron chi connectivity index (χ0n) is 13.0. The summed E-state index contributed by atoms with van der Waals surface area (Å²) in [5, 5.41) is 2.98. The molecule has 6 nitrogen and oxygen atoms in total. The summed E-state index contributed by atoms with van der Waals surface area (Å²) in [6.07, 6.45) is 0. The fourth-order valence-electron chi connectivity index (χ4n) is 1.92. The van der Waals surface area contributed by atoms with Gasteiger partial charge in [0.05, 0.1) is 12.0 Å². The van der Waals surface area contributed by atoms with Crippen LogP contribution in [-0.4, -0.2) is 34.5 Å². The molecule has 0 unspecified atom stereocenters. The number of ether oxygens (including phenoxy) is 1. The number of methoxy groups -OCH3 is 1. The second-order valence-electron chi connectivity index (χ2n) is 4.84. The molecule has 24 heavy (non-hydrogen) atoms. The number of amides is 1. The highest BCUT2D eigenvalue weighted by atomic mass is 35.5. The molecule has 0 aliphatic carbocycles. The van der Waals surface area contributed by atoms with Crippen LogP contribution in [0.15, 0.2) is 53.4 Å². The Balaban J connectivity index is 1.84. The Morgan fingerprint density at radius 3 is 2.46 bits per heavy atom. The zero-order chi connectivity index (χ0) is 17.6. The van der Waals surface area contributed by atoms with E-state index in [1.54, 1.807) is 43.5 Å². The van der Waals surface area contributed by atoms with E-state index in [2.05, 4.69) is 10.0 Å². The number of hydrogen-bond acceptors (Lipinski definition) is 4. The first-order valence-electron chi connectivity index (χ1n) is 7.10. The van der Waals surface area contributed by atoms with Crippen LogP contribution in [-0.2, 0) is 10.0 Å². The van der Waals surface area contributed by atoms with Gasteiger partial charge in [-0.3, -0.25) is 4.79 Å². The Hall–Kier alpha value is -2.09. The van der Waals surface area contributed by atoms with Crippen molar-refractivity contribution in [3.05, 3.63) is 59.1 Å². The Morgan fingerprint density at radius 1 is 1.12 bits per heavy atom. The third-order valence-corrected chi connectivity index (χ3v) is 4.86. The van der Waals surface area contributed by atoms with Gasteiger partial charge in [0.1, 0.15) is 5.75 Å². The van der Waals surface area contributed by atoms with Crippen molar-refractivity contribution >= 4 is 27.5 Å². The molecule has 0 atom stereocenters. The summed E-state index contributed by atoms with van der Waals surface area (Å²) in [5.41, 5.74) is 0.466. The maximum Gasteiger partial charge on any atom is 0.251 e. The minimum atomic E-state index is -3.66. The van der Waals surface area contributed by atoms with Crippen LogP contribution >= 0.6 is 11.6 Å². The topological polar surface area (TPSA) is 84.5 Å². The number of benzene rings is 2. The molecule has 1 amide bonds. The second kappa shape index (κ2) is 8.14. The van der Waals surface area contributed by atoms with Crippen LogP contribution in [0.25, 0.3) is 0 Å². The van der Waals surface area contributed by atoms with E-state index in [1.165, 1.54) is 12.1 Å². The predicted octanol–water partition coefficient (Wildman–Crippen LogP) is 2.06. The van der Waals surface area contributed by atoms with Gasteiger partial charge in [0, 0.05) is 23.7 Å². The van der Waals surface area contributed by atoms with E-state index >= 15 is 0 Å². The maximum atomic E-state index is 12.1. The molecule has 0 aliphatic heterocycles. The van der Waals surface area contributed by atoms with Gasteiger partial charge in [-0.2, -0.15) is 0 Å². The third-order valence-electron chi connectivity index (χ3n) is 3.16. The molecule has 2 aromatic rings. The monoisotopic (exact) mass is 368 g/mol. The van der Waals surface area contributed by atoms with Gasteiger partial charge >= 0.3 is 0 Å². The SMILES string of the molecule is COc1ccc(C(=O)NCCNS(=O)(=O)c2cccc(Cl)c2)cc1. The number of rotatable bonds is 7. The Kier molecular flexibility index (Phi) is 6.19. The number of hydrogen-bond donors (Lipinski definition) is 2. The van der Waals surface area contributed by atoms with Crippen LogP contribution in [0.1, 0.15) is 10.4 Å². The molecule has 0 aliphatic rings. The van der Waals surface area contributed by atoms with Crippen LogP contribution < -0.4 is 14.8 Å². The van der Waals surface area contributed by atoms with Crippen LogP contribution in [0.5, 0.6) is 5.75 Å². The average molecular weight is 369 g/mol. The molecular formula is C16H17ClN2O4S. The number of sulfonamides is 1. The molecule has 0 aromatic heterocycles. The number of carbonyl (C=O) groups is 1. The van der Waals surface area contributed by atoms with Crippen LogP contribution in [0.2, 0.25) is 5.02 Å². The third kappa shape index (κ3) is 4.95. The molecular weight excluding hydrogens is 352 g/mol. The summed E-state index contributed by atoms with van der Waals surface area (Å²) in [4.78, 5) is 12.0. The van der Waals surface area contributed by atoms with Crippen molar-refractivity contribution in [2.75, 3.05) is 20.2 Å². The predicted molar refractivity (Wildman–Crippen MR) is 92.0 cm³/mol. The summed E-state index contributed by atoms with van der Waals surface area (Å²) in [6.45, 7) is 0.224. The smallest absolute Gasteiger partial charge is 0.251 e. The first-order valence-corrected chi connectivity index (χ1v) is 8.96. The van der Waals surface area contributed by atoms with E-state index in [9.17, 15) is 13.2 Å². The molecule has 8 heteroatoms. The van der Waals surface area contributed by atoms with Gasteiger partial charge in [-0.1, -0.05) is 17.7 Å². The molecule has 0 saturated heterocycles. The van der Waals surface area contributed by atoms with Gasteiger partial charge in [0.2, 0.25) is 10.0 Å². The van der Waals surface area contributed by atoms with E-state index in [-0.39, 0.29) is 23.9 Å². The van der Waals surface area contributed by atoms with Gasteiger partial charge in [0.25, 0.3) is 5.91 Å². The maximum absolute atomic E-state index is 12.1. The molecule has 2 rings (SSSR count). The van der Waals surface area contributed by atoms with Gasteiger partial charge in [-0.25, -0.2) is 13.1 Å². The van der Waals surface area contributed by atoms with Crippen molar-refractivity contribution in [2.45, 2.75) is 4.90 Å². The van der Waals surface area contributed by atoms with Gasteiger partial charge in [-0.15, -0.1) is 0 Å². The van der Waals surface area contributed by atoms with Gasteiger partial charge in [0.15, 0.2) is 0 Å². The summed E-state index contributed by atoms with van der Waals surface area (Å²) >= 11 is 5.79. The van der Waals surface area contributed by atoms with E-state index < -0.39 is 10.0 Å². The minimum Gasteiger partial charge on any atom is -0.497 e. The highest BCUT2D eigenvalue weighted by Crippen LogP contribution is 2.15. The minimum absolute atomic E-state index is 0.0662. The first kappa shape index (κ1) is 18.3. The van der Waals surface area contributed by atoms with E-state index in [1.807, 2.05) is 0 Å². The molecule has 0 bridgehead atoms. The lowest BCUT2D eigenvalue weighted by Gasteiger charge is -2.09. The Labute approximate surface area is 145 Å². The number of halogens is 1. The lowest BCUT2D eigenvalue weighted by atomic mass is 10.2. The fourth-order valence-corrected chi connectivity index (χ4v) is 3.26. The second-order valence-corrected chi connectivity index (χ2v) is 7.04. The normalized spacial score (nSPS) is 11.1. The van der Waals surface area contributed by atoms with Crippen LogP contribution in [0.3, 0.4) is 0 Å². The van der Waals surface area contributed by atoms with Crippen molar-refractivity contribution in [1.82, 2.24) is 10.0 Å². The molecule has 0 radical (unpaired) electrons. The van der Waals surface area contributed by atoms with Crippen LogP contribution in [0, 0.1) is 0 Å². The lowest BCUT2D eigenvalue weighted by Crippen LogP contribution is -2.34. The summed E-state index contributed by atoms with van der Waals surface area (Å²) in [6, 6.07) is 12.6. The van der Waals surface area contributed by atoms with Gasteiger partial charge in [-0.05, 0) is 42.5 Å². The Morgan fingerprint density at radius 2 is 1.83 bits per heavy atom.